The van der Waals surface area contributed by atoms with E-state index in [0.717, 1.165) is 24.1 Å². The van der Waals surface area contributed by atoms with E-state index in [2.05, 4.69) is 14.1 Å². The summed E-state index contributed by atoms with van der Waals surface area (Å²) in [5.74, 6) is 3.39. The first-order valence-electron chi connectivity index (χ1n) is 9.73. The van der Waals surface area contributed by atoms with Crippen LogP contribution in [0, 0.1) is 0 Å². The minimum atomic E-state index is -0.0545. The van der Waals surface area contributed by atoms with Gasteiger partial charge in [0.05, 0.1) is 39.7 Å². The monoisotopic (exact) mass is 525 g/mol. The first-order chi connectivity index (χ1) is 14.0. The number of likely N-dealkylation sites (N-methyl/N-ethyl adjacent to an activating group) is 1. The zero-order chi connectivity index (χ0) is 20.2. The predicted octanol–water partition coefficient (Wildman–Crippen LogP) is 0.103. The number of fused-ring (bicyclic) bond motifs is 3. The number of benzene rings is 2. The summed E-state index contributed by atoms with van der Waals surface area (Å²) in [5.41, 5.74) is 2.83. The van der Waals surface area contributed by atoms with Gasteiger partial charge in [0, 0.05) is 12.0 Å². The largest absolute Gasteiger partial charge is 1.00 e. The SMILES string of the molecule is COc1c2c(cc3c1C(CC(=O)c1ccc4c(c1)OCO4)[N+](C)(C)CC3)OCO2.[I-]. The number of hydrogen-bond donors (Lipinski definition) is 0. The molecule has 0 saturated carbocycles. The predicted molar refractivity (Wildman–Crippen MR) is 104 cm³/mol. The Morgan fingerprint density at radius 1 is 1.07 bits per heavy atom. The van der Waals surface area contributed by atoms with Gasteiger partial charge >= 0.3 is 0 Å². The van der Waals surface area contributed by atoms with E-state index in [-0.39, 0.29) is 49.4 Å². The van der Waals surface area contributed by atoms with E-state index in [1.807, 2.05) is 6.07 Å². The number of ketones is 1. The van der Waals surface area contributed by atoms with Crippen LogP contribution in [0.3, 0.4) is 0 Å². The van der Waals surface area contributed by atoms with Gasteiger partial charge in [0.2, 0.25) is 19.3 Å². The van der Waals surface area contributed by atoms with Crippen molar-refractivity contribution >= 4 is 5.78 Å². The molecule has 0 N–H and O–H groups in total. The second kappa shape index (κ2) is 7.81. The second-order valence-electron chi connectivity index (χ2n) is 8.18. The van der Waals surface area contributed by atoms with Crippen molar-refractivity contribution in [2.45, 2.75) is 18.9 Å². The first kappa shape index (κ1) is 21.0. The van der Waals surface area contributed by atoms with Crippen LogP contribution in [0.4, 0.5) is 0 Å². The molecule has 0 fully saturated rings. The number of carbonyl (C=O) groups is 1. The molecule has 160 valence electrons. The Kier molecular flexibility index (Phi) is 5.48. The van der Waals surface area contributed by atoms with E-state index in [4.69, 9.17) is 23.7 Å². The summed E-state index contributed by atoms with van der Waals surface area (Å²) in [6.45, 7) is 1.31. The van der Waals surface area contributed by atoms with Crippen LogP contribution in [0.5, 0.6) is 28.7 Å². The minimum absolute atomic E-state index is 0. The average molecular weight is 525 g/mol. The summed E-state index contributed by atoms with van der Waals surface area (Å²) in [5, 5.41) is 0. The van der Waals surface area contributed by atoms with Crippen molar-refractivity contribution in [1.29, 1.82) is 0 Å². The fourth-order valence-electron chi connectivity index (χ4n) is 4.48. The van der Waals surface area contributed by atoms with Gasteiger partial charge in [-0.2, -0.15) is 0 Å². The molecule has 0 aliphatic carbocycles. The zero-order valence-corrected chi connectivity index (χ0v) is 19.4. The van der Waals surface area contributed by atoms with Gasteiger partial charge in [-0.15, -0.1) is 0 Å². The zero-order valence-electron chi connectivity index (χ0n) is 17.2. The first-order valence-corrected chi connectivity index (χ1v) is 9.73. The van der Waals surface area contributed by atoms with Gasteiger partial charge in [-0.25, -0.2) is 0 Å². The Bertz CT molecular complexity index is 1010. The Hall–Kier alpha value is -2.20. The highest BCUT2D eigenvalue weighted by Gasteiger charge is 2.42. The molecule has 0 spiro atoms. The molecule has 1 unspecified atom stereocenters. The summed E-state index contributed by atoms with van der Waals surface area (Å²) in [6.07, 6.45) is 1.25. The third-order valence-electron chi connectivity index (χ3n) is 6.16. The lowest BCUT2D eigenvalue weighted by atomic mass is 9.86. The van der Waals surface area contributed by atoms with Crippen molar-refractivity contribution in [2.24, 2.45) is 0 Å². The third-order valence-corrected chi connectivity index (χ3v) is 6.16. The van der Waals surface area contributed by atoms with E-state index in [9.17, 15) is 4.79 Å². The molecule has 7 nitrogen and oxygen atoms in total. The van der Waals surface area contributed by atoms with E-state index in [0.29, 0.717) is 45.2 Å². The van der Waals surface area contributed by atoms with Crippen molar-refractivity contribution in [3.63, 3.8) is 0 Å². The summed E-state index contributed by atoms with van der Waals surface area (Å²) < 4.78 is 28.5. The molecule has 8 heteroatoms. The van der Waals surface area contributed by atoms with E-state index in [1.165, 1.54) is 0 Å². The van der Waals surface area contributed by atoms with Gasteiger partial charge in [-0.05, 0) is 29.8 Å². The maximum Gasteiger partial charge on any atom is 0.231 e. The van der Waals surface area contributed by atoms with Gasteiger partial charge in [0.15, 0.2) is 28.8 Å². The molecule has 0 aromatic heterocycles. The Morgan fingerprint density at radius 3 is 2.60 bits per heavy atom. The van der Waals surface area contributed by atoms with Crippen LogP contribution in [0.1, 0.15) is 33.9 Å². The van der Waals surface area contributed by atoms with Crippen LogP contribution in [-0.4, -0.2) is 51.6 Å². The molecule has 1 atom stereocenters. The van der Waals surface area contributed by atoms with Gasteiger partial charge in [0.1, 0.15) is 6.04 Å². The Morgan fingerprint density at radius 2 is 1.80 bits per heavy atom. The number of rotatable bonds is 4. The molecule has 0 radical (unpaired) electrons. The molecule has 3 heterocycles. The molecular weight excluding hydrogens is 501 g/mol. The number of Topliss-reactive ketones (excluding diaryl/α,β-unsaturated/α-hetero) is 1. The number of nitrogens with zero attached hydrogens (tertiary/aromatic N) is 1. The van der Waals surface area contributed by atoms with Gasteiger partial charge in [-0.1, -0.05) is 0 Å². The van der Waals surface area contributed by atoms with Crippen molar-refractivity contribution in [3.05, 3.63) is 41.0 Å². The van der Waals surface area contributed by atoms with Crippen molar-refractivity contribution in [1.82, 2.24) is 0 Å². The molecule has 0 amide bonds. The molecule has 3 aliphatic rings. The van der Waals surface area contributed by atoms with Crippen LogP contribution < -0.4 is 47.7 Å². The Labute approximate surface area is 192 Å². The summed E-state index contributed by atoms with van der Waals surface area (Å²) in [6, 6.07) is 7.35. The van der Waals surface area contributed by atoms with Crippen LogP contribution in [-0.2, 0) is 6.42 Å². The smallest absolute Gasteiger partial charge is 0.231 e. The van der Waals surface area contributed by atoms with Crippen molar-refractivity contribution in [3.8, 4) is 28.7 Å². The molecule has 0 bridgehead atoms. The maximum atomic E-state index is 13.2. The summed E-state index contributed by atoms with van der Waals surface area (Å²) in [7, 11) is 5.96. The molecule has 3 aliphatic heterocycles. The topological polar surface area (TPSA) is 63.2 Å². The lowest BCUT2D eigenvalue weighted by Crippen LogP contribution is -3.00. The number of methoxy groups -OCH3 is 1. The lowest BCUT2D eigenvalue weighted by molar-refractivity contribution is -0.922. The third kappa shape index (κ3) is 3.35. The van der Waals surface area contributed by atoms with Gasteiger partial charge in [0.25, 0.3) is 0 Å². The molecular formula is C22H24INO6. The molecule has 30 heavy (non-hydrogen) atoms. The van der Waals surface area contributed by atoms with Crippen molar-refractivity contribution < 1.29 is 56.9 Å². The highest BCUT2D eigenvalue weighted by molar-refractivity contribution is 5.97. The molecule has 0 saturated heterocycles. The lowest BCUT2D eigenvalue weighted by Gasteiger charge is -2.43. The number of quaternary nitrogens is 1. The van der Waals surface area contributed by atoms with Crippen LogP contribution >= 0.6 is 0 Å². The summed E-state index contributed by atoms with van der Waals surface area (Å²) in [4.78, 5) is 13.2. The van der Waals surface area contributed by atoms with Crippen LogP contribution in [0.25, 0.3) is 0 Å². The average Bonchev–Trinajstić information content (AvgIpc) is 3.36. The highest BCUT2D eigenvalue weighted by atomic mass is 127. The highest BCUT2D eigenvalue weighted by Crippen LogP contribution is 2.51. The number of carbonyl (C=O) groups excluding carboxylic acids is 1. The molecule has 2 aromatic carbocycles. The Balaban J connectivity index is 0.00000218. The minimum Gasteiger partial charge on any atom is -1.00 e. The maximum absolute atomic E-state index is 13.2. The number of halogens is 1. The van der Waals surface area contributed by atoms with Crippen LogP contribution in [0.2, 0.25) is 0 Å². The fraction of sp³-hybridized carbons (Fsp3) is 0.409. The normalized spacial score (nSPS) is 19.6. The molecule has 5 rings (SSSR count). The van der Waals surface area contributed by atoms with Crippen molar-refractivity contribution in [2.75, 3.05) is 41.3 Å². The quantitative estimate of drug-likeness (QED) is 0.321. The van der Waals surface area contributed by atoms with Gasteiger partial charge < -0.3 is 52.1 Å². The number of hydrogen-bond acceptors (Lipinski definition) is 6. The fourth-order valence-corrected chi connectivity index (χ4v) is 4.48. The van der Waals surface area contributed by atoms with Crippen LogP contribution in [0.15, 0.2) is 24.3 Å². The standard InChI is InChI=1S/C22H24NO6.HI/c1-23(2)7-6-14-9-19-21(29-12-28-19)22(25-3)20(14)15(23)10-16(24)13-4-5-17-18(8-13)27-11-26-17;/h4-5,8-9,15H,6-7,10-12H2,1-3H3;1H/q+1;/p-1. The van der Waals surface area contributed by atoms with E-state index < -0.39 is 0 Å². The number of ether oxygens (including phenoxy) is 5. The van der Waals surface area contributed by atoms with E-state index in [1.54, 1.807) is 25.3 Å². The summed E-state index contributed by atoms with van der Waals surface area (Å²) >= 11 is 0. The van der Waals surface area contributed by atoms with E-state index >= 15 is 0 Å². The van der Waals surface area contributed by atoms with Gasteiger partial charge in [-0.3, -0.25) is 4.79 Å². The second-order valence-corrected chi connectivity index (χ2v) is 8.18. The molecule has 2 aromatic rings.